The number of ether oxygens (including phenoxy) is 1. The zero-order chi connectivity index (χ0) is 16.4. The van der Waals surface area contributed by atoms with Crippen molar-refractivity contribution in [3.63, 3.8) is 0 Å². The van der Waals surface area contributed by atoms with Crippen LogP contribution in [0.2, 0.25) is 0 Å². The lowest BCUT2D eigenvalue weighted by Crippen LogP contribution is -2.46. The predicted molar refractivity (Wildman–Crippen MR) is 90.3 cm³/mol. The van der Waals surface area contributed by atoms with Crippen LogP contribution in [0.5, 0.6) is 0 Å². The molecule has 2 aliphatic heterocycles. The Balaban J connectivity index is 1.42. The largest absolute Gasteiger partial charge is 0.381 e. The lowest BCUT2D eigenvalue weighted by molar-refractivity contribution is -0.138. The molecule has 2 aliphatic rings. The van der Waals surface area contributed by atoms with Crippen LogP contribution in [0.1, 0.15) is 30.4 Å². The molecule has 0 saturated carbocycles. The summed E-state index contributed by atoms with van der Waals surface area (Å²) in [5.41, 5.74) is 2.51. The quantitative estimate of drug-likeness (QED) is 0.867. The zero-order valence-electron chi connectivity index (χ0n) is 13.9. The van der Waals surface area contributed by atoms with E-state index in [-0.39, 0.29) is 11.3 Å². The van der Waals surface area contributed by atoms with E-state index in [4.69, 9.17) is 4.74 Å². The minimum Gasteiger partial charge on any atom is -0.381 e. The summed E-state index contributed by atoms with van der Waals surface area (Å²) in [7, 11) is 0. The van der Waals surface area contributed by atoms with Crippen LogP contribution < -0.4 is 0 Å². The third-order valence-electron chi connectivity index (χ3n) is 5.18. The number of carbonyl (C=O) groups is 1. The van der Waals surface area contributed by atoms with Gasteiger partial charge in [0.25, 0.3) is 0 Å². The maximum Gasteiger partial charge on any atom is 0.222 e. The molecule has 2 aromatic rings. The highest BCUT2D eigenvalue weighted by atomic mass is 16.5. The molecule has 1 spiro atoms. The number of aromatic nitrogens is 2. The zero-order valence-corrected chi connectivity index (χ0v) is 13.9. The molecule has 0 unspecified atom stereocenters. The molecule has 0 N–H and O–H groups in total. The first-order valence-corrected chi connectivity index (χ1v) is 8.63. The summed E-state index contributed by atoms with van der Waals surface area (Å²) < 4.78 is 7.53. The van der Waals surface area contributed by atoms with E-state index in [0.29, 0.717) is 13.0 Å². The van der Waals surface area contributed by atoms with Crippen molar-refractivity contribution >= 4 is 5.91 Å². The van der Waals surface area contributed by atoms with Crippen molar-refractivity contribution in [1.29, 1.82) is 0 Å². The van der Waals surface area contributed by atoms with Gasteiger partial charge in [-0.1, -0.05) is 30.3 Å². The van der Waals surface area contributed by atoms with Gasteiger partial charge in [0, 0.05) is 43.3 Å². The van der Waals surface area contributed by atoms with E-state index in [1.807, 2.05) is 40.2 Å². The Hall–Kier alpha value is -2.14. The molecule has 1 atom stereocenters. The average Bonchev–Trinajstić information content (AvgIpc) is 3.22. The van der Waals surface area contributed by atoms with Gasteiger partial charge >= 0.3 is 0 Å². The molecule has 1 aromatic carbocycles. The summed E-state index contributed by atoms with van der Waals surface area (Å²) in [6.07, 6.45) is 6.61. The molecule has 126 valence electrons. The Morgan fingerprint density at radius 3 is 2.79 bits per heavy atom. The number of piperidine rings is 1. The molecular weight excluding hydrogens is 302 g/mol. The summed E-state index contributed by atoms with van der Waals surface area (Å²) in [4.78, 5) is 14.3. The van der Waals surface area contributed by atoms with Crippen LogP contribution >= 0.6 is 0 Å². The number of carbonyl (C=O) groups excluding carboxylic acids is 1. The second-order valence-electron chi connectivity index (χ2n) is 7.08. The molecule has 2 fully saturated rings. The minimum absolute atomic E-state index is 0.188. The number of likely N-dealkylation sites (tertiary alicyclic amines) is 1. The van der Waals surface area contributed by atoms with Crippen molar-refractivity contribution in [3.8, 4) is 0 Å². The summed E-state index contributed by atoms with van der Waals surface area (Å²) in [5, 5.41) is 4.45. The van der Waals surface area contributed by atoms with Gasteiger partial charge < -0.3 is 9.64 Å². The van der Waals surface area contributed by atoms with Crippen molar-refractivity contribution < 1.29 is 9.53 Å². The first kappa shape index (κ1) is 15.4. The van der Waals surface area contributed by atoms with Gasteiger partial charge in [-0.25, -0.2) is 0 Å². The van der Waals surface area contributed by atoms with E-state index in [0.717, 1.165) is 44.7 Å². The lowest BCUT2D eigenvalue weighted by atomic mass is 9.79. The van der Waals surface area contributed by atoms with Crippen LogP contribution in [0.15, 0.2) is 42.7 Å². The topological polar surface area (TPSA) is 47.4 Å². The number of hydrogen-bond acceptors (Lipinski definition) is 3. The number of amides is 1. The number of nitrogens with zero attached hydrogens (tertiary/aromatic N) is 3. The van der Waals surface area contributed by atoms with Gasteiger partial charge in [0.2, 0.25) is 5.91 Å². The third kappa shape index (κ3) is 3.22. The molecule has 0 radical (unpaired) electrons. The van der Waals surface area contributed by atoms with Crippen LogP contribution in [0, 0.1) is 5.41 Å². The third-order valence-corrected chi connectivity index (χ3v) is 5.18. The molecule has 3 heterocycles. The maximum absolute atomic E-state index is 12.3. The molecule has 2 saturated heterocycles. The Kier molecular flexibility index (Phi) is 4.10. The highest BCUT2D eigenvalue weighted by Crippen LogP contribution is 2.38. The molecular formula is C19H23N3O2. The Morgan fingerprint density at radius 2 is 2.00 bits per heavy atom. The number of benzene rings is 1. The molecule has 5 heteroatoms. The summed E-state index contributed by atoms with van der Waals surface area (Å²) in [6, 6.07) is 10.3. The van der Waals surface area contributed by atoms with Gasteiger partial charge in [-0.05, 0) is 18.4 Å². The fourth-order valence-electron chi connectivity index (χ4n) is 3.78. The van der Waals surface area contributed by atoms with Gasteiger partial charge in [0.05, 0.1) is 19.3 Å². The van der Waals surface area contributed by atoms with E-state index >= 15 is 0 Å². The summed E-state index contributed by atoms with van der Waals surface area (Å²) >= 11 is 0. The predicted octanol–water partition coefficient (Wildman–Crippen LogP) is 2.46. The van der Waals surface area contributed by atoms with Crippen molar-refractivity contribution in [3.05, 3.63) is 53.9 Å². The maximum atomic E-state index is 12.3. The van der Waals surface area contributed by atoms with Crippen molar-refractivity contribution in [1.82, 2.24) is 14.7 Å². The van der Waals surface area contributed by atoms with Crippen LogP contribution in [0.3, 0.4) is 0 Å². The Bertz CT molecular complexity index is 704. The molecule has 4 rings (SSSR count). The van der Waals surface area contributed by atoms with Gasteiger partial charge in [0.1, 0.15) is 0 Å². The first-order chi connectivity index (χ1) is 11.7. The Labute approximate surface area is 142 Å². The fraction of sp³-hybridized carbons (Fsp3) is 0.474. The molecule has 0 aliphatic carbocycles. The SMILES string of the molecule is O=C1CC[C@@]2(CCOC2)CN1Cc1cnn(Cc2ccccc2)c1. The number of hydrogen-bond donors (Lipinski definition) is 0. The lowest BCUT2D eigenvalue weighted by Gasteiger charge is -2.39. The molecule has 24 heavy (non-hydrogen) atoms. The van der Waals surface area contributed by atoms with Crippen LogP contribution in [0.25, 0.3) is 0 Å². The van der Waals surface area contributed by atoms with Crippen LogP contribution in [-0.4, -0.2) is 40.3 Å². The average molecular weight is 325 g/mol. The van der Waals surface area contributed by atoms with E-state index in [1.165, 1.54) is 5.56 Å². The highest BCUT2D eigenvalue weighted by molar-refractivity contribution is 5.77. The van der Waals surface area contributed by atoms with Crippen molar-refractivity contribution in [2.24, 2.45) is 5.41 Å². The molecule has 5 nitrogen and oxygen atoms in total. The normalized spacial score (nSPS) is 24.0. The van der Waals surface area contributed by atoms with E-state index < -0.39 is 0 Å². The standard InChI is InChI=1S/C19H23N3O2/c23-18-6-7-19(8-9-24-15-19)14-21(18)11-17-10-20-22(13-17)12-16-4-2-1-3-5-16/h1-5,10,13H,6-9,11-12,14-15H2/t19-/m1/s1. The smallest absolute Gasteiger partial charge is 0.222 e. The monoisotopic (exact) mass is 325 g/mol. The molecule has 1 amide bonds. The van der Waals surface area contributed by atoms with E-state index in [1.54, 1.807) is 0 Å². The number of rotatable bonds is 4. The van der Waals surface area contributed by atoms with E-state index in [9.17, 15) is 4.79 Å². The van der Waals surface area contributed by atoms with Crippen LogP contribution in [-0.2, 0) is 22.6 Å². The van der Waals surface area contributed by atoms with E-state index in [2.05, 4.69) is 17.2 Å². The summed E-state index contributed by atoms with van der Waals surface area (Å²) in [6.45, 7) is 3.85. The van der Waals surface area contributed by atoms with Gasteiger partial charge in [-0.15, -0.1) is 0 Å². The fourth-order valence-corrected chi connectivity index (χ4v) is 3.78. The Morgan fingerprint density at radius 1 is 1.12 bits per heavy atom. The second-order valence-corrected chi connectivity index (χ2v) is 7.08. The van der Waals surface area contributed by atoms with Crippen molar-refractivity contribution in [2.75, 3.05) is 19.8 Å². The van der Waals surface area contributed by atoms with Gasteiger partial charge in [-0.3, -0.25) is 9.48 Å². The van der Waals surface area contributed by atoms with Gasteiger partial charge in [-0.2, -0.15) is 5.10 Å². The molecule has 0 bridgehead atoms. The van der Waals surface area contributed by atoms with Crippen molar-refractivity contribution in [2.45, 2.75) is 32.4 Å². The summed E-state index contributed by atoms with van der Waals surface area (Å²) in [5.74, 6) is 0.253. The van der Waals surface area contributed by atoms with Crippen LogP contribution in [0.4, 0.5) is 0 Å². The highest BCUT2D eigenvalue weighted by Gasteiger charge is 2.41. The molecule has 1 aromatic heterocycles. The minimum atomic E-state index is 0.188. The second kappa shape index (κ2) is 6.40. The van der Waals surface area contributed by atoms with Gasteiger partial charge in [0.15, 0.2) is 0 Å². The first-order valence-electron chi connectivity index (χ1n) is 8.63.